The lowest BCUT2D eigenvalue weighted by molar-refractivity contribution is -0.129. The molecule has 1 aromatic carbocycles. The number of nitrogens with zero attached hydrogens (tertiary/aromatic N) is 1. The molecule has 2 heterocycles. The Kier molecular flexibility index (Phi) is 5.46. The van der Waals surface area contributed by atoms with Crippen LogP contribution in [-0.2, 0) is 16.0 Å². The lowest BCUT2D eigenvalue weighted by Gasteiger charge is -2.36. The van der Waals surface area contributed by atoms with Crippen molar-refractivity contribution in [1.29, 1.82) is 0 Å². The highest BCUT2D eigenvalue weighted by Crippen LogP contribution is 2.41. The molecular weight excluding hydrogens is 392 g/mol. The van der Waals surface area contributed by atoms with Gasteiger partial charge in [0.05, 0.1) is 11.8 Å². The standard InChI is InChI=1S/C21H26N2O5S/c1-21(2)10-13-6-5-9-16(19(13)28-21)27-11-17(24)22-14-7-3-4-8-15(14)23-18(25)12-29-20(23)26/h5-6,9,14-15H,3-4,7-8,10-12H2,1-2H3,(H,22,24). The third kappa shape index (κ3) is 4.22. The molecule has 1 N–H and O–H groups in total. The van der Waals surface area contributed by atoms with Crippen molar-refractivity contribution < 1.29 is 23.9 Å². The lowest BCUT2D eigenvalue weighted by atomic mass is 9.89. The Morgan fingerprint density at radius 3 is 2.86 bits per heavy atom. The van der Waals surface area contributed by atoms with Gasteiger partial charge in [-0.15, -0.1) is 0 Å². The van der Waals surface area contributed by atoms with Gasteiger partial charge in [0, 0.05) is 18.0 Å². The molecule has 156 valence electrons. The molecule has 2 fully saturated rings. The molecular formula is C21H26N2O5S. The average Bonchev–Trinajstić information content (AvgIpc) is 3.17. The third-order valence-electron chi connectivity index (χ3n) is 5.61. The molecule has 1 aliphatic carbocycles. The van der Waals surface area contributed by atoms with E-state index in [-0.39, 0.29) is 47.1 Å². The molecule has 7 nitrogen and oxygen atoms in total. The number of para-hydroxylation sites is 1. The third-order valence-corrected chi connectivity index (χ3v) is 6.44. The number of carbonyl (C=O) groups excluding carboxylic acids is 3. The minimum Gasteiger partial charge on any atom is -0.483 e. The fourth-order valence-corrected chi connectivity index (χ4v) is 5.13. The van der Waals surface area contributed by atoms with Crippen LogP contribution in [0.1, 0.15) is 45.1 Å². The van der Waals surface area contributed by atoms with Gasteiger partial charge in [-0.1, -0.05) is 36.7 Å². The Hall–Kier alpha value is -2.22. The number of hydrogen-bond acceptors (Lipinski definition) is 6. The van der Waals surface area contributed by atoms with Crippen molar-refractivity contribution in [2.24, 2.45) is 0 Å². The van der Waals surface area contributed by atoms with Crippen LogP contribution < -0.4 is 14.8 Å². The summed E-state index contributed by atoms with van der Waals surface area (Å²) in [6, 6.07) is 5.20. The Labute approximate surface area is 174 Å². The number of imide groups is 1. The maximum atomic E-state index is 12.6. The Morgan fingerprint density at radius 2 is 2.10 bits per heavy atom. The molecule has 0 bridgehead atoms. The van der Waals surface area contributed by atoms with Crippen LogP contribution in [0.15, 0.2) is 18.2 Å². The van der Waals surface area contributed by atoms with E-state index in [1.165, 1.54) is 4.90 Å². The SMILES string of the molecule is CC1(C)Cc2cccc(OCC(=O)NC3CCCCC3N3C(=O)CSC3=O)c2O1. The van der Waals surface area contributed by atoms with Crippen molar-refractivity contribution in [3.8, 4) is 11.5 Å². The second-order valence-electron chi connectivity index (χ2n) is 8.42. The molecule has 1 saturated carbocycles. The summed E-state index contributed by atoms with van der Waals surface area (Å²) in [7, 11) is 0. The minimum atomic E-state index is -0.286. The van der Waals surface area contributed by atoms with Crippen LogP contribution in [0.2, 0.25) is 0 Å². The summed E-state index contributed by atoms with van der Waals surface area (Å²) >= 11 is 1.03. The van der Waals surface area contributed by atoms with Crippen molar-refractivity contribution in [2.45, 2.75) is 63.6 Å². The highest BCUT2D eigenvalue weighted by atomic mass is 32.2. The van der Waals surface area contributed by atoms with Crippen LogP contribution in [0.5, 0.6) is 11.5 Å². The Bertz CT molecular complexity index is 824. The van der Waals surface area contributed by atoms with Crippen molar-refractivity contribution in [2.75, 3.05) is 12.4 Å². The van der Waals surface area contributed by atoms with E-state index in [2.05, 4.69) is 5.32 Å². The average molecular weight is 419 g/mol. The first-order valence-corrected chi connectivity index (χ1v) is 11.0. The van der Waals surface area contributed by atoms with Gasteiger partial charge < -0.3 is 14.8 Å². The number of thioether (sulfide) groups is 1. The summed E-state index contributed by atoms with van der Waals surface area (Å²) in [6.45, 7) is 3.90. The highest BCUT2D eigenvalue weighted by molar-refractivity contribution is 8.14. The maximum absolute atomic E-state index is 12.6. The van der Waals surface area contributed by atoms with Crippen LogP contribution in [0.3, 0.4) is 0 Å². The molecule has 3 amide bonds. The number of carbonyl (C=O) groups is 3. The second-order valence-corrected chi connectivity index (χ2v) is 9.34. The molecule has 2 unspecified atom stereocenters. The van der Waals surface area contributed by atoms with Crippen molar-refractivity contribution in [3.05, 3.63) is 23.8 Å². The summed E-state index contributed by atoms with van der Waals surface area (Å²) in [4.78, 5) is 38.1. The molecule has 1 aromatic rings. The number of benzene rings is 1. The first-order chi connectivity index (χ1) is 13.8. The van der Waals surface area contributed by atoms with Crippen molar-refractivity contribution >= 4 is 28.8 Å². The first kappa shape index (κ1) is 20.1. The van der Waals surface area contributed by atoms with Crippen LogP contribution in [0.4, 0.5) is 4.79 Å². The van der Waals surface area contributed by atoms with E-state index in [1.54, 1.807) is 6.07 Å². The quantitative estimate of drug-likeness (QED) is 0.792. The van der Waals surface area contributed by atoms with E-state index in [4.69, 9.17) is 9.47 Å². The first-order valence-electron chi connectivity index (χ1n) is 10.1. The van der Waals surface area contributed by atoms with Crippen LogP contribution in [0, 0.1) is 0 Å². The lowest BCUT2D eigenvalue weighted by Crippen LogP contribution is -2.55. The van der Waals surface area contributed by atoms with Gasteiger partial charge in [0.25, 0.3) is 11.1 Å². The predicted molar refractivity (Wildman–Crippen MR) is 109 cm³/mol. The fourth-order valence-electron chi connectivity index (χ4n) is 4.37. The van der Waals surface area contributed by atoms with E-state index in [0.29, 0.717) is 11.5 Å². The second kappa shape index (κ2) is 7.89. The molecule has 3 aliphatic rings. The number of ether oxygens (including phenoxy) is 2. The highest BCUT2D eigenvalue weighted by Gasteiger charge is 2.41. The van der Waals surface area contributed by atoms with Gasteiger partial charge >= 0.3 is 0 Å². The maximum Gasteiger partial charge on any atom is 0.289 e. The van der Waals surface area contributed by atoms with E-state index in [9.17, 15) is 14.4 Å². The smallest absolute Gasteiger partial charge is 0.289 e. The molecule has 2 atom stereocenters. The van der Waals surface area contributed by atoms with Gasteiger partial charge in [0.2, 0.25) is 5.91 Å². The van der Waals surface area contributed by atoms with Crippen molar-refractivity contribution in [1.82, 2.24) is 10.2 Å². The number of nitrogens with one attached hydrogen (secondary N) is 1. The summed E-state index contributed by atoms with van der Waals surface area (Å²) in [5.41, 5.74) is 0.787. The molecule has 0 radical (unpaired) electrons. The molecule has 29 heavy (non-hydrogen) atoms. The van der Waals surface area contributed by atoms with Crippen LogP contribution >= 0.6 is 11.8 Å². The van der Waals surface area contributed by atoms with Gasteiger partial charge in [0.15, 0.2) is 18.1 Å². The summed E-state index contributed by atoms with van der Waals surface area (Å²) in [5.74, 6) is 1.02. The molecule has 1 saturated heterocycles. The zero-order valence-corrected chi connectivity index (χ0v) is 17.5. The van der Waals surface area contributed by atoms with Crippen molar-refractivity contribution in [3.63, 3.8) is 0 Å². The number of fused-ring (bicyclic) bond motifs is 1. The number of amides is 3. The number of hydrogen-bond donors (Lipinski definition) is 1. The van der Waals surface area contributed by atoms with Gasteiger partial charge in [-0.2, -0.15) is 0 Å². The van der Waals surface area contributed by atoms with Crippen LogP contribution in [0.25, 0.3) is 0 Å². The largest absolute Gasteiger partial charge is 0.483 e. The van der Waals surface area contributed by atoms with E-state index in [1.807, 2.05) is 26.0 Å². The van der Waals surface area contributed by atoms with Gasteiger partial charge in [-0.25, -0.2) is 0 Å². The molecule has 4 rings (SSSR count). The monoisotopic (exact) mass is 418 g/mol. The normalized spacial score (nSPS) is 25.5. The van der Waals surface area contributed by atoms with E-state index in [0.717, 1.165) is 49.4 Å². The fraction of sp³-hybridized carbons (Fsp3) is 0.571. The minimum absolute atomic E-state index is 0.139. The molecule has 0 aromatic heterocycles. The molecule has 2 aliphatic heterocycles. The summed E-state index contributed by atoms with van der Waals surface area (Å²) in [5, 5.41) is 2.77. The zero-order valence-electron chi connectivity index (χ0n) is 16.7. The number of rotatable bonds is 5. The zero-order chi connectivity index (χ0) is 20.6. The van der Waals surface area contributed by atoms with Gasteiger partial charge in [0.1, 0.15) is 5.60 Å². The molecule has 0 spiro atoms. The van der Waals surface area contributed by atoms with Crippen LogP contribution in [-0.4, -0.2) is 52.0 Å². The Morgan fingerprint density at radius 1 is 1.31 bits per heavy atom. The van der Waals surface area contributed by atoms with Gasteiger partial charge in [-0.3, -0.25) is 19.3 Å². The van der Waals surface area contributed by atoms with Gasteiger partial charge in [-0.05, 0) is 32.8 Å². The van der Waals surface area contributed by atoms with E-state index < -0.39 is 0 Å². The molecule has 8 heteroatoms. The predicted octanol–water partition coefficient (Wildman–Crippen LogP) is 2.90. The Balaban J connectivity index is 1.38. The topological polar surface area (TPSA) is 84.9 Å². The van der Waals surface area contributed by atoms with E-state index >= 15 is 0 Å². The summed E-state index contributed by atoms with van der Waals surface area (Å²) < 4.78 is 11.7. The summed E-state index contributed by atoms with van der Waals surface area (Å²) in [6.07, 6.45) is 4.17.